The highest BCUT2D eigenvalue weighted by Crippen LogP contribution is 2.05. The van der Waals surface area contributed by atoms with Crippen LogP contribution in [0.1, 0.15) is 24.0 Å². The Hall–Kier alpha value is -1.20. The smallest absolute Gasteiger partial charge is 0.255 e. The van der Waals surface area contributed by atoms with E-state index in [1.54, 1.807) is 0 Å². The number of piperazine rings is 1. The van der Waals surface area contributed by atoms with Crippen LogP contribution in [-0.2, 0) is 13.0 Å². The van der Waals surface area contributed by atoms with Crippen molar-refractivity contribution in [2.75, 3.05) is 26.2 Å². The van der Waals surface area contributed by atoms with Gasteiger partial charge in [-0.2, -0.15) is 0 Å². The monoisotopic (exact) mass is 236 g/mol. The first-order valence-corrected chi connectivity index (χ1v) is 6.22. The molecular weight excluding hydrogens is 216 g/mol. The molecule has 2 N–H and O–H groups in total. The Balaban J connectivity index is 2.17. The van der Waals surface area contributed by atoms with Crippen LogP contribution < -0.4 is 10.9 Å². The van der Waals surface area contributed by atoms with E-state index in [9.17, 15) is 4.79 Å². The second-order valence-electron chi connectivity index (χ2n) is 4.46. The number of aromatic amines is 1. The Bertz CT molecular complexity index is 435. The molecule has 0 unspecified atom stereocenters. The zero-order valence-corrected chi connectivity index (χ0v) is 10.5. The largest absolute Gasteiger partial charge is 0.314 e. The van der Waals surface area contributed by atoms with Gasteiger partial charge in [0.2, 0.25) is 0 Å². The minimum Gasteiger partial charge on any atom is -0.314 e. The van der Waals surface area contributed by atoms with Crippen LogP contribution in [-0.4, -0.2) is 41.0 Å². The van der Waals surface area contributed by atoms with Crippen LogP contribution in [0.5, 0.6) is 0 Å². The minimum absolute atomic E-state index is 0.0212. The Morgan fingerprint density at radius 1 is 1.35 bits per heavy atom. The molecule has 1 aromatic heterocycles. The summed E-state index contributed by atoms with van der Waals surface area (Å²) in [5, 5.41) is 3.30. The van der Waals surface area contributed by atoms with Crippen LogP contribution in [0.2, 0.25) is 0 Å². The number of H-pyrrole nitrogens is 1. The molecule has 1 fully saturated rings. The van der Waals surface area contributed by atoms with Crippen LogP contribution in [0.3, 0.4) is 0 Å². The SMILES string of the molecule is CCc1nc(C)c(CN2CCNCC2)c(=O)[nH]1. The maximum Gasteiger partial charge on any atom is 0.255 e. The topological polar surface area (TPSA) is 61.0 Å². The average molecular weight is 236 g/mol. The highest BCUT2D eigenvalue weighted by molar-refractivity contribution is 5.16. The standard InChI is InChI=1S/C12H20N4O/c1-3-11-14-9(2)10(12(17)15-11)8-16-6-4-13-5-7-16/h13H,3-8H2,1-2H3,(H,14,15,17). The number of hydrogen-bond donors (Lipinski definition) is 2. The molecule has 0 radical (unpaired) electrons. The third-order valence-corrected chi connectivity index (χ3v) is 3.20. The van der Waals surface area contributed by atoms with E-state index in [0.717, 1.165) is 49.7 Å². The summed E-state index contributed by atoms with van der Waals surface area (Å²) < 4.78 is 0. The molecule has 1 saturated heterocycles. The van der Waals surface area contributed by atoms with E-state index in [4.69, 9.17) is 0 Å². The molecule has 0 amide bonds. The summed E-state index contributed by atoms with van der Waals surface area (Å²) in [6, 6.07) is 0. The number of nitrogens with zero attached hydrogens (tertiary/aromatic N) is 2. The van der Waals surface area contributed by atoms with Crippen molar-refractivity contribution >= 4 is 0 Å². The molecule has 0 spiro atoms. The minimum atomic E-state index is 0.0212. The van der Waals surface area contributed by atoms with Crippen LogP contribution in [0.4, 0.5) is 0 Å². The first-order chi connectivity index (χ1) is 8.20. The summed E-state index contributed by atoms with van der Waals surface area (Å²) in [4.78, 5) is 21.5. The van der Waals surface area contributed by atoms with Gasteiger partial charge in [0.25, 0.3) is 5.56 Å². The van der Waals surface area contributed by atoms with E-state index in [2.05, 4.69) is 20.2 Å². The highest BCUT2D eigenvalue weighted by atomic mass is 16.1. The van der Waals surface area contributed by atoms with Crippen LogP contribution >= 0.6 is 0 Å². The van der Waals surface area contributed by atoms with Gasteiger partial charge in [0, 0.05) is 44.8 Å². The van der Waals surface area contributed by atoms with E-state index in [1.165, 1.54) is 0 Å². The van der Waals surface area contributed by atoms with E-state index >= 15 is 0 Å². The van der Waals surface area contributed by atoms with Gasteiger partial charge in [0.1, 0.15) is 5.82 Å². The molecule has 2 rings (SSSR count). The maximum absolute atomic E-state index is 12.0. The van der Waals surface area contributed by atoms with Gasteiger partial charge in [-0.25, -0.2) is 4.98 Å². The number of hydrogen-bond acceptors (Lipinski definition) is 4. The Morgan fingerprint density at radius 2 is 2.06 bits per heavy atom. The molecule has 94 valence electrons. The lowest BCUT2D eigenvalue weighted by molar-refractivity contribution is 0.231. The van der Waals surface area contributed by atoms with Gasteiger partial charge in [-0.15, -0.1) is 0 Å². The van der Waals surface area contributed by atoms with Gasteiger partial charge < -0.3 is 10.3 Å². The average Bonchev–Trinajstić information content (AvgIpc) is 2.35. The number of nitrogens with one attached hydrogen (secondary N) is 2. The summed E-state index contributed by atoms with van der Waals surface area (Å²) >= 11 is 0. The molecule has 0 saturated carbocycles. The number of aromatic nitrogens is 2. The lowest BCUT2D eigenvalue weighted by Crippen LogP contribution is -2.43. The predicted octanol–water partition coefficient (Wildman–Crippen LogP) is 0.0459. The molecule has 2 heterocycles. The fourth-order valence-corrected chi connectivity index (χ4v) is 2.12. The van der Waals surface area contributed by atoms with Crippen LogP contribution in [0.15, 0.2) is 4.79 Å². The van der Waals surface area contributed by atoms with E-state index in [1.807, 2.05) is 13.8 Å². The third-order valence-electron chi connectivity index (χ3n) is 3.20. The van der Waals surface area contributed by atoms with Gasteiger partial charge in [0.05, 0.1) is 5.56 Å². The molecule has 17 heavy (non-hydrogen) atoms. The van der Waals surface area contributed by atoms with Crippen molar-refractivity contribution in [1.29, 1.82) is 0 Å². The van der Waals surface area contributed by atoms with Gasteiger partial charge in [-0.3, -0.25) is 9.69 Å². The van der Waals surface area contributed by atoms with Crippen molar-refractivity contribution in [1.82, 2.24) is 20.2 Å². The van der Waals surface area contributed by atoms with Crippen LogP contribution in [0.25, 0.3) is 0 Å². The second-order valence-corrected chi connectivity index (χ2v) is 4.46. The van der Waals surface area contributed by atoms with Crippen molar-refractivity contribution in [2.24, 2.45) is 0 Å². The summed E-state index contributed by atoms with van der Waals surface area (Å²) in [6.45, 7) is 8.61. The number of rotatable bonds is 3. The Labute approximate surface area is 101 Å². The molecule has 0 bridgehead atoms. The van der Waals surface area contributed by atoms with Gasteiger partial charge in [0.15, 0.2) is 0 Å². The van der Waals surface area contributed by atoms with Gasteiger partial charge in [-0.1, -0.05) is 6.92 Å². The third kappa shape index (κ3) is 2.92. The summed E-state index contributed by atoms with van der Waals surface area (Å²) in [5.74, 6) is 0.775. The molecule has 0 aliphatic carbocycles. The fourth-order valence-electron chi connectivity index (χ4n) is 2.12. The summed E-state index contributed by atoms with van der Waals surface area (Å²) in [5.41, 5.74) is 1.70. The molecule has 5 nitrogen and oxygen atoms in total. The summed E-state index contributed by atoms with van der Waals surface area (Å²) in [7, 11) is 0. The first kappa shape index (κ1) is 12.3. The zero-order chi connectivity index (χ0) is 12.3. The second kappa shape index (κ2) is 5.42. The molecule has 1 aliphatic heterocycles. The van der Waals surface area contributed by atoms with E-state index in [0.29, 0.717) is 6.54 Å². The first-order valence-electron chi connectivity index (χ1n) is 6.22. The molecular formula is C12H20N4O. The normalized spacial score (nSPS) is 17.3. The highest BCUT2D eigenvalue weighted by Gasteiger charge is 2.14. The predicted molar refractivity (Wildman–Crippen MR) is 67.1 cm³/mol. The van der Waals surface area contributed by atoms with Gasteiger partial charge >= 0.3 is 0 Å². The lowest BCUT2D eigenvalue weighted by Gasteiger charge is -2.27. The molecule has 1 aromatic rings. The molecule has 1 aliphatic rings. The zero-order valence-electron chi connectivity index (χ0n) is 10.5. The lowest BCUT2D eigenvalue weighted by atomic mass is 10.2. The maximum atomic E-state index is 12.0. The van der Waals surface area contributed by atoms with Crippen molar-refractivity contribution in [2.45, 2.75) is 26.8 Å². The van der Waals surface area contributed by atoms with Crippen molar-refractivity contribution in [3.63, 3.8) is 0 Å². The number of aryl methyl sites for hydroxylation is 2. The van der Waals surface area contributed by atoms with E-state index in [-0.39, 0.29) is 5.56 Å². The fraction of sp³-hybridized carbons (Fsp3) is 0.667. The van der Waals surface area contributed by atoms with Crippen LogP contribution in [0, 0.1) is 6.92 Å². The van der Waals surface area contributed by atoms with Gasteiger partial charge in [-0.05, 0) is 6.92 Å². The Kier molecular flexibility index (Phi) is 3.91. The van der Waals surface area contributed by atoms with Crippen molar-refractivity contribution < 1.29 is 0 Å². The quantitative estimate of drug-likeness (QED) is 0.778. The Morgan fingerprint density at radius 3 is 2.65 bits per heavy atom. The molecule has 0 aromatic carbocycles. The molecule has 5 heteroatoms. The van der Waals surface area contributed by atoms with Crippen molar-refractivity contribution in [3.8, 4) is 0 Å². The van der Waals surface area contributed by atoms with Crippen molar-refractivity contribution in [3.05, 3.63) is 27.4 Å². The van der Waals surface area contributed by atoms with E-state index < -0.39 is 0 Å². The summed E-state index contributed by atoms with van der Waals surface area (Å²) in [6.07, 6.45) is 0.768. The molecule has 0 atom stereocenters.